The Morgan fingerprint density at radius 1 is 1.24 bits per heavy atom. The summed E-state index contributed by atoms with van der Waals surface area (Å²) in [6.45, 7) is 4.87. The van der Waals surface area contributed by atoms with Gasteiger partial charge in [0.15, 0.2) is 5.78 Å². The van der Waals surface area contributed by atoms with Crippen LogP contribution in [0.2, 0.25) is 0 Å². The second-order valence-electron chi connectivity index (χ2n) is 10.2. The highest BCUT2D eigenvalue weighted by Gasteiger charge is 2.64. The Kier molecular flexibility index (Phi) is 4.36. The van der Waals surface area contributed by atoms with E-state index >= 15 is 0 Å². The first kappa shape index (κ1) is 19.5. The van der Waals surface area contributed by atoms with E-state index in [1.165, 1.54) is 5.57 Å². The van der Waals surface area contributed by atoms with Crippen molar-refractivity contribution in [1.82, 2.24) is 5.06 Å². The summed E-state index contributed by atoms with van der Waals surface area (Å²) in [4.78, 5) is 30.1. The molecule has 1 saturated heterocycles. The molecule has 1 aliphatic heterocycles. The summed E-state index contributed by atoms with van der Waals surface area (Å²) in [5.74, 6) is -0.0686. The van der Waals surface area contributed by atoms with Gasteiger partial charge in [-0.1, -0.05) is 25.5 Å². The Morgan fingerprint density at radius 2 is 2.03 bits per heavy atom. The molecule has 1 unspecified atom stereocenters. The van der Waals surface area contributed by atoms with Crippen LogP contribution in [-0.2, 0) is 14.4 Å². The average molecular weight is 402 g/mol. The summed E-state index contributed by atoms with van der Waals surface area (Å²) in [5, 5.41) is 22.4. The van der Waals surface area contributed by atoms with Crippen LogP contribution in [0.3, 0.4) is 0 Å². The maximum absolute atomic E-state index is 12.1. The highest BCUT2D eigenvalue weighted by Crippen LogP contribution is 2.67. The van der Waals surface area contributed by atoms with Gasteiger partial charge in [-0.15, -0.1) is 0 Å². The van der Waals surface area contributed by atoms with Crippen molar-refractivity contribution >= 4 is 11.8 Å². The van der Waals surface area contributed by atoms with Gasteiger partial charge in [0.05, 0.1) is 12.5 Å². The van der Waals surface area contributed by atoms with Crippen molar-refractivity contribution in [3.05, 3.63) is 23.8 Å². The predicted octanol–water partition coefficient (Wildman–Crippen LogP) is 2.93. The number of aliphatic hydroxyl groups is 1. The summed E-state index contributed by atoms with van der Waals surface area (Å²) >= 11 is 0. The van der Waals surface area contributed by atoms with Crippen LogP contribution >= 0.6 is 0 Å². The Labute approximate surface area is 171 Å². The zero-order chi connectivity index (χ0) is 20.6. The van der Waals surface area contributed by atoms with E-state index in [1.807, 2.05) is 0 Å². The maximum atomic E-state index is 12.1. The van der Waals surface area contributed by atoms with E-state index in [2.05, 4.69) is 19.9 Å². The first-order valence-electron chi connectivity index (χ1n) is 11.0. The lowest BCUT2D eigenvalue weighted by Gasteiger charge is -2.61. The number of allylic oxidation sites excluding steroid dienone is 4. The molecule has 4 fully saturated rings. The van der Waals surface area contributed by atoms with Gasteiger partial charge in [-0.2, -0.15) is 5.06 Å². The lowest BCUT2D eigenvalue weighted by Crippen LogP contribution is -2.61. The number of hydrogen-bond donors (Lipinski definition) is 2. The highest BCUT2D eigenvalue weighted by molar-refractivity contribution is 6.01. The minimum Gasteiger partial charge on any atom is -0.481 e. The molecule has 0 spiro atoms. The minimum absolute atomic E-state index is 0.0531. The molecule has 6 heteroatoms. The number of carboxylic acids is 1. The first-order chi connectivity index (χ1) is 13.8. The third-order valence-corrected chi connectivity index (χ3v) is 9.03. The van der Waals surface area contributed by atoms with Crippen LogP contribution < -0.4 is 0 Å². The quantitative estimate of drug-likeness (QED) is 0.740. The molecule has 6 nitrogen and oxygen atoms in total. The molecular weight excluding hydrogens is 370 g/mol. The molecule has 158 valence electrons. The number of carbonyl (C=O) groups excluding carboxylic acids is 1. The molecule has 0 aromatic carbocycles. The lowest BCUT2D eigenvalue weighted by molar-refractivity contribution is -0.251. The number of aliphatic hydroxyl groups excluding tert-OH is 1. The fourth-order valence-electron chi connectivity index (χ4n) is 7.77. The molecule has 1 heterocycles. The fourth-order valence-corrected chi connectivity index (χ4v) is 7.77. The molecule has 2 N–H and O–H groups in total. The molecule has 4 aliphatic carbocycles. The number of aliphatic carboxylic acids is 1. The second-order valence-corrected chi connectivity index (χ2v) is 10.2. The van der Waals surface area contributed by atoms with Crippen LogP contribution in [0, 0.1) is 34.5 Å². The van der Waals surface area contributed by atoms with E-state index in [0.29, 0.717) is 31.3 Å². The number of carbonyl (C=O) groups is 2. The van der Waals surface area contributed by atoms with Gasteiger partial charge in [0, 0.05) is 17.9 Å². The summed E-state index contributed by atoms with van der Waals surface area (Å²) in [6.07, 6.45) is 9.72. The van der Waals surface area contributed by atoms with Gasteiger partial charge in [0.25, 0.3) is 0 Å². The normalized spacial score (nSPS) is 49.3. The fraction of sp³-hybridized carbons (Fsp3) is 0.739. The average Bonchev–Trinajstić information content (AvgIpc) is 3.24. The molecule has 0 amide bonds. The van der Waals surface area contributed by atoms with Gasteiger partial charge >= 0.3 is 5.97 Å². The van der Waals surface area contributed by atoms with Gasteiger partial charge in [0.2, 0.25) is 0 Å². The lowest BCUT2D eigenvalue weighted by atomic mass is 9.46. The largest absolute Gasteiger partial charge is 0.481 e. The van der Waals surface area contributed by atoms with E-state index in [-0.39, 0.29) is 34.5 Å². The summed E-state index contributed by atoms with van der Waals surface area (Å²) in [6, 6.07) is -0.0646. The smallest absolute Gasteiger partial charge is 0.307 e. The summed E-state index contributed by atoms with van der Waals surface area (Å²) in [5.41, 5.74) is 0.631. The number of hydrogen-bond acceptors (Lipinski definition) is 5. The molecule has 5 rings (SSSR count). The van der Waals surface area contributed by atoms with Crippen molar-refractivity contribution in [3.8, 4) is 0 Å². The Bertz CT molecular complexity index is 805. The predicted molar refractivity (Wildman–Crippen MR) is 105 cm³/mol. The topological polar surface area (TPSA) is 87.1 Å². The standard InChI is InChI=1S/C23H31NO5/c1-22-9-7-14(25)11-13(22)3-4-15-16-5-6-17(21(27)28)23(16,2)12-18(20(15)22)24-19(26)8-10-29-24/h7,9,11,15-20,26H,3-6,8,10,12H2,1-2H3,(H,27,28)/t15-,16-,17+,18-,19?,20+,22-,23-/m0/s1. The van der Waals surface area contributed by atoms with Gasteiger partial charge in [0.1, 0.15) is 6.23 Å². The number of fused-ring (bicyclic) bond motifs is 5. The molecule has 8 atom stereocenters. The zero-order valence-electron chi connectivity index (χ0n) is 17.2. The number of ketones is 1. The Morgan fingerprint density at radius 3 is 2.72 bits per heavy atom. The van der Waals surface area contributed by atoms with E-state index < -0.39 is 12.2 Å². The zero-order valence-corrected chi connectivity index (χ0v) is 17.2. The third kappa shape index (κ3) is 2.65. The summed E-state index contributed by atoms with van der Waals surface area (Å²) in [7, 11) is 0. The molecule has 29 heavy (non-hydrogen) atoms. The van der Waals surface area contributed by atoms with Crippen LogP contribution in [-0.4, -0.2) is 45.9 Å². The molecule has 3 saturated carbocycles. The Balaban J connectivity index is 1.61. The highest BCUT2D eigenvalue weighted by atomic mass is 16.7. The first-order valence-corrected chi connectivity index (χ1v) is 11.0. The van der Waals surface area contributed by atoms with Crippen molar-refractivity contribution in [2.75, 3.05) is 6.61 Å². The van der Waals surface area contributed by atoms with Crippen molar-refractivity contribution in [2.45, 2.75) is 64.6 Å². The molecule has 0 bridgehead atoms. The molecular formula is C23H31NO5. The number of hydroxylamine groups is 2. The van der Waals surface area contributed by atoms with Crippen LogP contribution in [0.1, 0.15) is 52.4 Å². The van der Waals surface area contributed by atoms with Crippen molar-refractivity contribution < 1.29 is 24.6 Å². The van der Waals surface area contributed by atoms with Gasteiger partial charge in [-0.25, -0.2) is 0 Å². The second kappa shape index (κ2) is 6.50. The summed E-state index contributed by atoms with van der Waals surface area (Å²) < 4.78 is 0. The van der Waals surface area contributed by atoms with Crippen molar-refractivity contribution in [1.29, 1.82) is 0 Å². The minimum atomic E-state index is -0.694. The number of rotatable bonds is 2. The van der Waals surface area contributed by atoms with Crippen LogP contribution in [0.5, 0.6) is 0 Å². The maximum Gasteiger partial charge on any atom is 0.307 e. The molecule has 0 radical (unpaired) electrons. The van der Waals surface area contributed by atoms with Crippen LogP contribution in [0.15, 0.2) is 23.8 Å². The van der Waals surface area contributed by atoms with Crippen molar-refractivity contribution in [2.24, 2.45) is 34.5 Å². The Hall–Kier alpha value is -1.50. The van der Waals surface area contributed by atoms with Gasteiger partial charge in [-0.3, -0.25) is 14.4 Å². The van der Waals surface area contributed by atoms with Crippen LogP contribution in [0.4, 0.5) is 0 Å². The third-order valence-electron chi connectivity index (χ3n) is 9.03. The van der Waals surface area contributed by atoms with E-state index in [1.54, 1.807) is 17.2 Å². The number of carboxylic acid groups (broad SMARTS) is 1. The van der Waals surface area contributed by atoms with Crippen molar-refractivity contribution in [3.63, 3.8) is 0 Å². The van der Waals surface area contributed by atoms with E-state index in [9.17, 15) is 19.8 Å². The van der Waals surface area contributed by atoms with Crippen LogP contribution in [0.25, 0.3) is 0 Å². The van der Waals surface area contributed by atoms with Gasteiger partial charge in [-0.05, 0) is 67.4 Å². The van der Waals surface area contributed by atoms with E-state index in [4.69, 9.17) is 4.84 Å². The monoisotopic (exact) mass is 401 g/mol. The molecule has 0 aromatic rings. The van der Waals surface area contributed by atoms with E-state index in [0.717, 1.165) is 25.7 Å². The SMILES string of the molecule is C[C@]12C[C@H](N3OCCC3O)[C@H]3[C@@H](CCC4=CC(=O)C=C[C@@]43C)[C@@H]1CC[C@@H]2C(=O)O. The number of nitrogens with zero attached hydrogens (tertiary/aromatic N) is 1. The van der Waals surface area contributed by atoms with Gasteiger partial charge < -0.3 is 10.2 Å². The molecule has 0 aromatic heterocycles. The molecule has 5 aliphatic rings.